The van der Waals surface area contributed by atoms with Gasteiger partial charge in [0.25, 0.3) is 0 Å². The van der Waals surface area contributed by atoms with E-state index < -0.39 is 0 Å². The van der Waals surface area contributed by atoms with Crippen LogP contribution in [0.25, 0.3) is 0 Å². The quantitative estimate of drug-likeness (QED) is 0.690. The molecule has 2 unspecified atom stereocenters. The van der Waals surface area contributed by atoms with E-state index in [9.17, 15) is 4.39 Å². The average Bonchev–Trinajstić information content (AvgIpc) is 3.18. The van der Waals surface area contributed by atoms with E-state index in [-0.39, 0.29) is 6.67 Å². The zero-order valence-corrected chi connectivity index (χ0v) is 11.1. The highest BCUT2D eigenvalue weighted by molar-refractivity contribution is 4.94. The standard InChI is InChI=1S/C14H27FN2/c1-2-13-10-16-14(12-6-7-12)11-17(13)9-5-3-4-8-15/h12-14,16H,2-11H2,1H3. The van der Waals surface area contributed by atoms with Crippen molar-refractivity contribution in [2.75, 3.05) is 26.3 Å². The molecule has 0 aromatic carbocycles. The molecule has 2 aliphatic rings. The smallest absolute Gasteiger partial charge is 0.0894 e. The molecule has 0 amide bonds. The van der Waals surface area contributed by atoms with Crippen molar-refractivity contribution in [3.8, 4) is 0 Å². The summed E-state index contributed by atoms with van der Waals surface area (Å²) in [6.07, 6.45) is 7.03. The van der Waals surface area contributed by atoms with E-state index in [0.29, 0.717) is 6.04 Å². The molecule has 2 atom stereocenters. The Hall–Kier alpha value is -0.150. The van der Waals surface area contributed by atoms with Gasteiger partial charge in [-0.25, -0.2) is 0 Å². The Kier molecular flexibility index (Phi) is 5.23. The lowest BCUT2D eigenvalue weighted by atomic mass is 10.0. The summed E-state index contributed by atoms with van der Waals surface area (Å²) in [6.45, 7) is 5.67. The van der Waals surface area contributed by atoms with Crippen LogP contribution in [-0.2, 0) is 0 Å². The number of rotatable bonds is 7. The molecule has 0 bridgehead atoms. The van der Waals surface area contributed by atoms with Gasteiger partial charge in [-0.1, -0.05) is 6.92 Å². The Bertz CT molecular complexity index is 218. The molecule has 17 heavy (non-hydrogen) atoms. The second-order valence-electron chi connectivity index (χ2n) is 5.66. The molecule has 100 valence electrons. The highest BCUT2D eigenvalue weighted by Crippen LogP contribution is 2.34. The monoisotopic (exact) mass is 242 g/mol. The highest BCUT2D eigenvalue weighted by Gasteiger charge is 2.36. The van der Waals surface area contributed by atoms with Gasteiger partial charge in [-0.15, -0.1) is 0 Å². The van der Waals surface area contributed by atoms with Crippen molar-refractivity contribution in [2.45, 2.75) is 57.5 Å². The zero-order chi connectivity index (χ0) is 12.1. The molecule has 1 N–H and O–H groups in total. The first-order valence-electron chi connectivity index (χ1n) is 7.38. The number of alkyl halides is 1. The van der Waals surface area contributed by atoms with Crippen molar-refractivity contribution >= 4 is 0 Å². The molecule has 1 saturated heterocycles. The normalized spacial score (nSPS) is 30.7. The van der Waals surface area contributed by atoms with Gasteiger partial charge in [0.2, 0.25) is 0 Å². The maximum atomic E-state index is 12.1. The SMILES string of the molecule is CCC1CNC(C2CC2)CN1CCCCCF. The summed E-state index contributed by atoms with van der Waals surface area (Å²) in [5.74, 6) is 0.946. The van der Waals surface area contributed by atoms with E-state index in [0.717, 1.165) is 37.8 Å². The van der Waals surface area contributed by atoms with Gasteiger partial charge in [0.15, 0.2) is 0 Å². The molecule has 0 aromatic rings. The van der Waals surface area contributed by atoms with Crippen molar-refractivity contribution in [2.24, 2.45) is 5.92 Å². The van der Waals surface area contributed by atoms with Crippen molar-refractivity contribution in [1.82, 2.24) is 10.2 Å². The van der Waals surface area contributed by atoms with E-state index in [1.165, 1.54) is 32.4 Å². The van der Waals surface area contributed by atoms with Crippen molar-refractivity contribution < 1.29 is 4.39 Å². The molecule has 1 heterocycles. The fraction of sp³-hybridized carbons (Fsp3) is 1.00. The summed E-state index contributed by atoms with van der Waals surface area (Å²) in [5.41, 5.74) is 0. The van der Waals surface area contributed by atoms with E-state index in [1.807, 2.05) is 0 Å². The molecule has 0 spiro atoms. The van der Waals surface area contributed by atoms with Gasteiger partial charge >= 0.3 is 0 Å². The van der Waals surface area contributed by atoms with Crippen LogP contribution in [0.3, 0.4) is 0 Å². The Balaban J connectivity index is 1.73. The lowest BCUT2D eigenvalue weighted by Gasteiger charge is -2.40. The summed E-state index contributed by atoms with van der Waals surface area (Å²) in [4.78, 5) is 2.65. The number of hydrogen-bond acceptors (Lipinski definition) is 2. The van der Waals surface area contributed by atoms with Crippen LogP contribution in [0.1, 0.15) is 45.4 Å². The van der Waals surface area contributed by atoms with Gasteiger partial charge in [-0.2, -0.15) is 0 Å². The van der Waals surface area contributed by atoms with E-state index in [1.54, 1.807) is 0 Å². The third kappa shape index (κ3) is 3.92. The molecule has 1 aliphatic carbocycles. The Labute approximate surface area is 105 Å². The van der Waals surface area contributed by atoms with Crippen LogP contribution >= 0.6 is 0 Å². The fourth-order valence-corrected chi connectivity index (χ4v) is 2.96. The van der Waals surface area contributed by atoms with Crippen LogP contribution in [0.4, 0.5) is 4.39 Å². The summed E-state index contributed by atoms with van der Waals surface area (Å²) in [6, 6.07) is 1.44. The molecule has 1 saturated carbocycles. The third-order valence-corrected chi connectivity index (χ3v) is 4.30. The molecule has 1 aliphatic heterocycles. The van der Waals surface area contributed by atoms with Crippen molar-refractivity contribution in [3.63, 3.8) is 0 Å². The number of nitrogens with one attached hydrogen (secondary N) is 1. The van der Waals surface area contributed by atoms with Crippen LogP contribution in [0.2, 0.25) is 0 Å². The minimum atomic E-state index is -0.149. The molecule has 2 rings (SSSR count). The van der Waals surface area contributed by atoms with Crippen molar-refractivity contribution in [3.05, 3.63) is 0 Å². The van der Waals surface area contributed by atoms with Gasteiger partial charge < -0.3 is 5.32 Å². The molecule has 3 heteroatoms. The summed E-state index contributed by atoms with van der Waals surface area (Å²) in [7, 11) is 0. The largest absolute Gasteiger partial charge is 0.311 e. The second-order valence-corrected chi connectivity index (χ2v) is 5.66. The lowest BCUT2D eigenvalue weighted by molar-refractivity contribution is 0.116. The Morgan fingerprint density at radius 1 is 1.24 bits per heavy atom. The van der Waals surface area contributed by atoms with E-state index in [2.05, 4.69) is 17.1 Å². The van der Waals surface area contributed by atoms with Gasteiger partial charge in [0.05, 0.1) is 6.67 Å². The van der Waals surface area contributed by atoms with Crippen LogP contribution in [0.15, 0.2) is 0 Å². The molecule has 2 fully saturated rings. The second kappa shape index (κ2) is 6.69. The highest BCUT2D eigenvalue weighted by atomic mass is 19.1. The molecular formula is C14H27FN2. The van der Waals surface area contributed by atoms with Gasteiger partial charge in [-0.05, 0) is 51.0 Å². The minimum absolute atomic E-state index is 0.149. The first-order chi connectivity index (χ1) is 8.35. The molecule has 0 aromatic heterocycles. The Morgan fingerprint density at radius 3 is 2.71 bits per heavy atom. The van der Waals surface area contributed by atoms with Gasteiger partial charge in [-0.3, -0.25) is 9.29 Å². The number of nitrogens with zero attached hydrogens (tertiary/aromatic N) is 1. The van der Waals surface area contributed by atoms with Gasteiger partial charge in [0.1, 0.15) is 0 Å². The van der Waals surface area contributed by atoms with Gasteiger partial charge in [0, 0.05) is 25.2 Å². The molecule has 2 nitrogen and oxygen atoms in total. The number of halogens is 1. The number of piperazine rings is 1. The number of hydrogen-bond donors (Lipinski definition) is 1. The summed E-state index contributed by atoms with van der Waals surface area (Å²) < 4.78 is 12.1. The van der Waals surface area contributed by atoms with Crippen LogP contribution in [0.5, 0.6) is 0 Å². The average molecular weight is 242 g/mol. The first-order valence-corrected chi connectivity index (χ1v) is 7.38. The van der Waals surface area contributed by atoms with Crippen LogP contribution in [0, 0.1) is 5.92 Å². The van der Waals surface area contributed by atoms with E-state index >= 15 is 0 Å². The van der Waals surface area contributed by atoms with E-state index in [4.69, 9.17) is 0 Å². The van der Waals surface area contributed by atoms with Crippen molar-refractivity contribution in [1.29, 1.82) is 0 Å². The predicted octanol–water partition coefficient (Wildman–Crippen LogP) is 2.59. The zero-order valence-electron chi connectivity index (χ0n) is 11.1. The lowest BCUT2D eigenvalue weighted by Crippen LogP contribution is -2.57. The first kappa shape index (κ1) is 13.3. The molecule has 0 radical (unpaired) electrons. The predicted molar refractivity (Wildman–Crippen MR) is 70.0 cm³/mol. The topological polar surface area (TPSA) is 15.3 Å². The number of unbranched alkanes of at least 4 members (excludes halogenated alkanes) is 2. The molecular weight excluding hydrogens is 215 g/mol. The minimum Gasteiger partial charge on any atom is -0.311 e. The van der Waals surface area contributed by atoms with Crippen LogP contribution in [-0.4, -0.2) is 43.3 Å². The maximum Gasteiger partial charge on any atom is 0.0894 e. The fourth-order valence-electron chi connectivity index (χ4n) is 2.96. The third-order valence-electron chi connectivity index (χ3n) is 4.30. The summed E-state index contributed by atoms with van der Waals surface area (Å²) in [5, 5.41) is 3.71. The Morgan fingerprint density at radius 2 is 2.06 bits per heavy atom. The summed E-state index contributed by atoms with van der Waals surface area (Å²) >= 11 is 0. The maximum absolute atomic E-state index is 12.1. The van der Waals surface area contributed by atoms with Crippen LogP contribution < -0.4 is 5.32 Å².